The number of ether oxygens (including phenoxy) is 3. The summed E-state index contributed by atoms with van der Waals surface area (Å²) >= 11 is -2.27. The molecule has 0 aromatic carbocycles. The van der Waals surface area contributed by atoms with Crippen LogP contribution in [0.1, 0.15) is 72.1 Å². The van der Waals surface area contributed by atoms with Crippen molar-refractivity contribution in [3.8, 4) is 0 Å². The zero-order valence-electron chi connectivity index (χ0n) is 19.3. The molecular weight excluding hydrogens is 473 g/mol. The van der Waals surface area contributed by atoms with E-state index in [1.807, 2.05) is 0 Å². The van der Waals surface area contributed by atoms with Crippen LogP contribution in [0.25, 0.3) is 0 Å². The molecule has 0 radical (unpaired) electrons. The molecule has 5 nitrogen and oxygen atoms in total. The maximum atomic E-state index is 11.3. The van der Waals surface area contributed by atoms with Crippen molar-refractivity contribution in [2.24, 2.45) is 5.73 Å². The van der Waals surface area contributed by atoms with Gasteiger partial charge in [0.25, 0.3) is 0 Å². The van der Waals surface area contributed by atoms with Gasteiger partial charge in [-0.3, -0.25) is 0 Å². The molecule has 0 spiro atoms. The first-order valence-electron chi connectivity index (χ1n) is 11.3. The number of unbranched alkanes of at least 4 members (excludes halogenated alkanes) is 3. The molecule has 0 rings (SSSR count). The van der Waals surface area contributed by atoms with Gasteiger partial charge in [0.2, 0.25) is 0 Å². The number of nitrogens with two attached hydrogens (primary N) is 1. The van der Waals surface area contributed by atoms with Crippen molar-refractivity contribution in [3.05, 3.63) is 22.8 Å². The van der Waals surface area contributed by atoms with Crippen LogP contribution in [0.5, 0.6) is 0 Å². The van der Waals surface area contributed by atoms with E-state index in [2.05, 4.69) is 37.5 Å². The summed E-state index contributed by atoms with van der Waals surface area (Å²) in [7, 11) is 1.56. The van der Waals surface area contributed by atoms with Crippen molar-refractivity contribution in [2.75, 3.05) is 13.9 Å². The summed E-state index contributed by atoms with van der Waals surface area (Å²) in [5, 5.41) is 0. The van der Waals surface area contributed by atoms with Crippen LogP contribution in [0.15, 0.2) is 22.8 Å². The van der Waals surface area contributed by atoms with Crippen molar-refractivity contribution in [1.29, 1.82) is 0 Å². The van der Waals surface area contributed by atoms with Gasteiger partial charge in [0.05, 0.1) is 0 Å². The molecule has 0 unspecified atom stereocenters. The fourth-order valence-corrected chi connectivity index (χ4v) is 18.2. The summed E-state index contributed by atoms with van der Waals surface area (Å²) in [6.45, 7) is 10.8. The Hall–Kier alpha value is -0.531. The Labute approximate surface area is 183 Å². The Morgan fingerprint density at radius 2 is 1.62 bits per heavy atom. The quantitative estimate of drug-likeness (QED) is 0.123. The number of hydrogen-bond acceptors (Lipinski definition) is 4. The van der Waals surface area contributed by atoms with Crippen LogP contribution in [0, 0.1) is 0 Å². The van der Waals surface area contributed by atoms with Crippen molar-refractivity contribution in [2.45, 2.75) is 97.7 Å². The number of allylic oxidation sites excluding steroid dienone is 1. The summed E-state index contributed by atoms with van der Waals surface area (Å²) in [5.41, 5.74) is 5.26. The first kappa shape index (κ1) is 28.5. The van der Waals surface area contributed by atoms with Gasteiger partial charge in [-0.15, -0.1) is 0 Å². The number of hydrogen-bond donors (Lipinski definition) is 1. The molecule has 0 aromatic rings. The molecule has 2 atom stereocenters. The summed E-state index contributed by atoms with van der Waals surface area (Å²) in [6, 6.07) is 0. The molecule has 0 fully saturated rings. The van der Waals surface area contributed by atoms with Crippen molar-refractivity contribution >= 4 is 24.5 Å². The van der Waals surface area contributed by atoms with E-state index in [9.17, 15) is 4.79 Å². The fraction of sp³-hybridized carbons (Fsp3) is 0.783. The number of primary amides is 1. The van der Waals surface area contributed by atoms with Crippen LogP contribution in [0.4, 0.5) is 4.79 Å². The first-order chi connectivity index (χ1) is 14.0. The Balaban J connectivity index is 5.12. The van der Waals surface area contributed by atoms with Crippen LogP contribution in [0.2, 0.25) is 13.3 Å². The van der Waals surface area contributed by atoms with Gasteiger partial charge >= 0.3 is 184 Å². The summed E-state index contributed by atoms with van der Waals surface area (Å²) in [4.78, 5) is 11.3. The van der Waals surface area contributed by atoms with E-state index in [-0.39, 0.29) is 6.79 Å². The SMILES string of the molecule is C=C[C@H](OCOC)[C@H](CC/C=[CH]/[Sn]([CH2]CCC)([CH2]CCC)[CH2]CCC)OC(N)=O. The fourth-order valence-electron chi connectivity index (χ4n) is 3.72. The molecule has 0 aliphatic heterocycles. The van der Waals surface area contributed by atoms with Gasteiger partial charge in [-0.2, -0.15) is 0 Å². The second-order valence-corrected chi connectivity index (χ2v) is 20.9. The first-order valence-corrected chi connectivity index (χ1v) is 19.1. The second kappa shape index (κ2) is 18.3. The van der Waals surface area contributed by atoms with Gasteiger partial charge in [-0.25, -0.2) is 0 Å². The topological polar surface area (TPSA) is 70.8 Å². The molecule has 0 aliphatic carbocycles. The van der Waals surface area contributed by atoms with Gasteiger partial charge in [-0.05, 0) is 0 Å². The molecule has 0 saturated heterocycles. The molecule has 2 N–H and O–H groups in total. The maximum absolute atomic E-state index is 11.3. The standard InChI is InChI=1S/C11H18NO4.3C4H9.Sn/c1-4-6-7-10(16-11(12)13)9(5-2)15-8-14-3;3*1-3-4-2;/h1,4-5,9-10H,2,6-8H2,3H3,(H2,12,13);3*1,3-4H2,2H3;/t9-,10-;;;;/m0..../s1. The van der Waals surface area contributed by atoms with Crippen LogP contribution in [-0.2, 0) is 14.2 Å². The summed E-state index contributed by atoms with van der Waals surface area (Å²) in [6.07, 6.45) is 11.7. The molecule has 1 amide bonds. The molecule has 0 aromatic heterocycles. The molecule has 0 aliphatic rings. The van der Waals surface area contributed by atoms with Crippen molar-refractivity contribution < 1.29 is 19.0 Å². The number of rotatable bonds is 19. The van der Waals surface area contributed by atoms with E-state index in [4.69, 9.17) is 19.9 Å². The minimum atomic E-state index is -2.27. The van der Waals surface area contributed by atoms with Gasteiger partial charge in [-0.1, -0.05) is 0 Å². The Kier molecular flexibility index (Phi) is 17.9. The van der Waals surface area contributed by atoms with Gasteiger partial charge in [0, 0.05) is 0 Å². The van der Waals surface area contributed by atoms with Gasteiger partial charge in [0.1, 0.15) is 0 Å². The normalized spacial score (nSPS) is 14.1. The third-order valence-corrected chi connectivity index (χ3v) is 19.7. The molecule has 6 heteroatoms. The van der Waals surface area contributed by atoms with Crippen LogP contribution >= 0.6 is 0 Å². The molecule has 29 heavy (non-hydrogen) atoms. The minimum absolute atomic E-state index is 0.121. The van der Waals surface area contributed by atoms with E-state index < -0.39 is 36.7 Å². The molecule has 0 saturated carbocycles. The predicted octanol–water partition coefficient (Wildman–Crippen LogP) is 6.35. The molecule has 0 heterocycles. The Morgan fingerprint density at radius 3 is 2.03 bits per heavy atom. The summed E-state index contributed by atoms with van der Waals surface area (Å²) < 4.78 is 22.8. The monoisotopic (exact) mass is 519 g/mol. The zero-order valence-corrected chi connectivity index (χ0v) is 22.1. The Morgan fingerprint density at radius 1 is 1.07 bits per heavy atom. The third kappa shape index (κ3) is 13.4. The number of carbonyl (C=O) groups excluding carboxylic acids is 1. The van der Waals surface area contributed by atoms with Crippen molar-refractivity contribution in [3.63, 3.8) is 0 Å². The van der Waals surface area contributed by atoms with Gasteiger partial charge in [0.15, 0.2) is 0 Å². The molecular formula is C23H45NO4Sn. The van der Waals surface area contributed by atoms with E-state index >= 15 is 0 Å². The molecule has 0 bridgehead atoms. The second-order valence-electron chi connectivity index (χ2n) is 7.90. The van der Waals surface area contributed by atoms with E-state index in [1.165, 1.54) is 51.8 Å². The number of carbonyl (C=O) groups is 1. The van der Waals surface area contributed by atoms with Crippen molar-refractivity contribution in [1.82, 2.24) is 0 Å². The summed E-state index contributed by atoms with van der Waals surface area (Å²) in [5.74, 6) is 0. The average molecular weight is 518 g/mol. The van der Waals surface area contributed by atoms with Gasteiger partial charge < -0.3 is 0 Å². The molecule has 170 valence electrons. The van der Waals surface area contributed by atoms with Crippen LogP contribution < -0.4 is 5.73 Å². The number of methoxy groups -OCH3 is 1. The average Bonchev–Trinajstić information content (AvgIpc) is 2.71. The van der Waals surface area contributed by atoms with E-state index in [1.54, 1.807) is 13.2 Å². The van der Waals surface area contributed by atoms with E-state index in [0.717, 1.165) is 6.42 Å². The Bertz CT molecular complexity index is 434. The van der Waals surface area contributed by atoms with Crippen LogP contribution in [0.3, 0.4) is 0 Å². The predicted molar refractivity (Wildman–Crippen MR) is 125 cm³/mol. The van der Waals surface area contributed by atoms with E-state index in [0.29, 0.717) is 6.42 Å². The zero-order chi connectivity index (χ0) is 22.0. The third-order valence-electron chi connectivity index (χ3n) is 5.42. The van der Waals surface area contributed by atoms with Crippen LogP contribution in [-0.4, -0.2) is 50.6 Å². The number of amides is 1.